The average Bonchev–Trinajstić information content (AvgIpc) is 2.66. The molecule has 146 valence electrons. The van der Waals surface area contributed by atoms with E-state index in [0.717, 1.165) is 44.1 Å². The Morgan fingerprint density at radius 1 is 1.07 bits per heavy atom. The summed E-state index contributed by atoms with van der Waals surface area (Å²) < 4.78 is 31.4. The monoisotopic (exact) mass is 388 g/mol. The Labute approximate surface area is 162 Å². The Balaban J connectivity index is 1.71. The van der Waals surface area contributed by atoms with Gasteiger partial charge in [0, 0.05) is 5.92 Å². The lowest BCUT2D eigenvalue weighted by molar-refractivity contribution is -0.0642. The molecule has 0 saturated heterocycles. The van der Waals surface area contributed by atoms with Gasteiger partial charge in [-0.05, 0) is 54.9 Å². The van der Waals surface area contributed by atoms with E-state index in [0.29, 0.717) is 0 Å². The van der Waals surface area contributed by atoms with Crippen LogP contribution in [0.25, 0.3) is 0 Å². The SMILES string of the molecule is CC(CCc1ccc(S(=O)(=O)O)cc1)C1(O)CCCCC1c1ccccc1. The fraction of sp³-hybridized carbons (Fsp3) is 0.455. The molecule has 3 atom stereocenters. The predicted octanol–water partition coefficient (Wildman–Crippen LogP) is 4.59. The molecule has 5 heteroatoms. The summed E-state index contributed by atoms with van der Waals surface area (Å²) >= 11 is 0. The van der Waals surface area contributed by atoms with Crippen LogP contribution in [0.3, 0.4) is 0 Å². The fourth-order valence-corrected chi connectivity index (χ4v) is 4.85. The predicted molar refractivity (Wildman–Crippen MR) is 106 cm³/mol. The molecule has 1 aliphatic rings. The zero-order valence-electron chi connectivity index (χ0n) is 15.7. The summed E-state index contributed by atoms with van der Waals surface area (Å²) in [4.78, 5) is -0.0886. The number of aliphatic hydroxyl groups is 1. The molecule has 3 rings (SSSR count). The van der Waals surface area contributed by atoms with Crippen LogP contribution in [-0.2, 0) is 16.5 Å². The summed E-state index contributed by atoms with van der Waals surface area (Å²) in [5.74, 6) is 0.286. The normalized spacial score (nSPS) is 24.5. The molecule has 1 saturated carbocycles. The van der Waals surface area contributed by atoms with Gasteiger partial charge >= 0.3 is 0 Å². The topological polar surface area (TPSA) is 74.6 Å². The molecular formula is C22H28O4S. The van der Waals surface area contributed by atoms with Crippen LogP contribution in [0, 0.1) is 5.92 Å². The minimum Gasteiger partial charge on any atom is -0.389 e. The van der Waals surface area contributed by atoms with Crippen molar-refractivity contribution < 1.29 is 18.1 Å². The van der Waals surface area contributed by atoms with E-state index in [2.05, 4.69) is 19.1 Å². The second-order valence-electron chi connectivity index (χ2n) is 7.76. The van der Waals surface area contributed by atoms with E-state index < -0.39 is 15.7 Å². The molecule has 0 aliphatic heterocycles. The van der Waals surface area contributed by atoms with Crippen LogP contribution in [-0.4, -0.2) is 23.7 Å². The van der Waals surface area contributed by atoms with Gasteiger partial charge in [0.2, 0.25) is 0 Å². The fourth-order valence-electron chi connectivity index (χ4n) is 4.37. The molecule has 2 aromatic carbocycles. The first-order valence-electron chi connectivity index (χ1n) is 9.64. The molecule has 27 heavy (non-hydrogen) atoms. The molecule has 1 fully saturated rings. The van der Waals surface area contributed by atoms with Crippen LogP contribution in [0.2, 0.25) is 0 Å². The van der Waals surface area contributed by atoms with Gasteiger partial charge < -0.3 is 5.11 Å². The number of benzene rings is 2. The summed E-state index contributed by atoms with van der Waals surface area (Å²) in [7, 11) is -4.16. The number of aryl methyl sites for hydroxylation is 1. The zero-order chi connectivity index (χ0) is 19.5. The molecule has 0 radical (unpaired) electrons. The lowest BCUT2D eigenvalue weighted by atomic mass is 9.65. The molecule has 1 aliphatic carbocycles. The molecule has 0 aromatic heterocycles. The van der Waals surface area contributed by atoms with E-state index in [-0.39, 0.29) is 16.7 Å². The highest BCUT2D eigenvalue weighted by molar-refractivity contribution is 7.85. The van der Waals surface area contributed by atoms with Crippen LogP contribution in [0.4, 0.5) is 0 Å². The highest BCUT2D eigenvalue weighted by Gasteiger charge is 2.43. The van der Waals surface area contributed by atoms with Crippen LogP contribution in [0.5, 0.6) is 0 Å². The average molecular weight is 389 g/mol. The van der Waals surface area contributed by atoms with Crippen molar-refractivity contribution in [1.29, 1.82) is 0 Å². The Bertz CT molecular complexity index is 846. The summed E-state index contributed by atoms with van der Waals surface area (Å²) in [6.45, 7) is 2.12. The summed E-state index contributed by atoms with van der Waals surface area (Å²) in [6, 6.07) is 16.6. The number of rotatable bonds is 6. The first-order valence-corrected chi connectivity index (χ1v) is 11.1. The van der Waals surface area contributed by atoms with Gasteiger partial charge in [0.15, 0.2) is 0 Å². The van der Waals surface area contributed by atoms with Crippen molar-refractivity contribution in [1.82, 2.24) is 0 Å². The van der Waals surface area contributed by atoms with Gasteiger partial charge in [0.1, 0.15) is 0 Å². The van der Waals surface area contributed by atoms with Gasteiger partial charge in [-0.2, -0.15) is 8.42 Å². The summed E-state index contributed by atoms with van der Waals surface area (Å²) in [6.07, 6.45) is 5.60. The summed E-state index contributed by atoms with van der Waals surface area (Å²) in [5.41, 5.74) is 1.50. The number of hydrogen-bond acceptors (Lipinski definition) is 3. The Morgan fingerprint density at radius 2 is 1.74 bits per heavy atom. The highest BCUT2D eigenvalue weighted by atomic mass is 32.2. The maximum atomic E-state index is 11.6. The first kappa shape index (κ1) is 20.1. The van der Waals surface area contributed by atoms with Crippen molar-refractivity contribution in [2.45, 2.75) is 61.9 Å². The third-order valence-corrected chi connectivity index (χ3v) is 6.93. The van der Waals surface area contributed by atoms with E-state index >= 15 is 0 Å². The Hall–Kier alpha value is -1.69. The maximum absolute atomic E-state index is 11.6. The van der Waals surface area contributed by atoms with Crippen LogP contribution in [0.15, 0.2) is 59.5 Å². The molecule has 0 spiro atoms. The second-order valence-corrected chi connectivity index (χ2v) is 9.18. The lowest BCUT2D eigenvalue weighted by Crippen LogP contribution is -2.45. The minimum absolute atomic E-state index is 0.0886. The van der Waals surface area contributed by atoms with Gasteiger partial charge in [-0.25, -0.2) is 0 Å². The molecule has 4 nitrogen and oxygen atoms in total. The molecule has 2 N–H and O–H groups in total. The maximum Gasteiger partial charge on any atom is 0.294 e. The van der Waals surface area contributed by atoms with E-state index in [9.17, 15) is 13.5 Å². The van der Waals surface area contributed by atoms with Crippen molar-refractivity contribution in [3.05, 3.63) is 65.7 Å². The van der Waals surface area contributed by atoms with E-state index in [1.54, 1.807) is 12.1 Å². The minimum atomic E-state index is -4.16. The van der Waals surface area contributed by atoms with E-state index in [4.69, 9.17) is 4.55 Å². The molecule has 3 unspecified atom stereocenters. The van der Waals surface area contributed by atoms with Gasteiger partial charge in [-0.15, -0.1) is 0 Å². The largest absolute Gasteiger partial charge is 0.389 e. The van der Waals surface area contributed by atoms with Gasteiger partial charge in [-0.1, -0.05) is 62.2 Å². The first-order chi connectivity index (χ1) is 12.8. The Kier molecular flexibility index (Phi) is 6.04. The van der Waals surface area contributed by atoms with Crippen molar-refractivity contribution in [3.8, 4) is 0 Å². The standard InChI is InChI=1S/C22H28O4S/c1-17(10-11-18-12-14-20(15-13-18)27(24,25)26)22(23)16-6-5-9-21(22)19-7-3-2-4-8-19/h2-4,7-8,12-15,17,21,23H,5-6,9-11,16H2,1H3,(H,24,25,26). The van der Waals surface area contributed by atoms with Gasteiger partial charge in [0.25, 0.3) is 10.1 Å². The van der Waals surface area contributed by atoms with Crippen LogP contribution in [0.1, 0.15) is 56.1 Å². The van der Waals surface area contributed by atoms with Gasteiger partial charge in [0.05, 0.1) is 10.5 Å². The van der Waals surface area contributed by atoms with Crippen molar-refractivity contribution in [3.63, 3.8) is 0 Å². The zero-order valence-corrected chi connectivity index (χ0v) is 16.5. The van der Waals surface area contributed by atoms with Crippen LogP contribution < -0.4 is 0 Å². The molecular weight excluding hydrogens is 360 g/mol. The van der Waals surface area contributed by atoms with Gasteiger partial charge in [-0.3, -0.25) is 4.55 Å². The molecule has 0 heterocycles. The van der Waals surface area contributed by atoms with Crippen molar-refractivity contribution in [2.75, 3.05) is 0 Å². The van der Waals surface area contributed by atoms with E-state index in [1.807, 2.05) is 18.2 Å². The highest BCUT2D eigenvalue weighted by Crippen LogP contribution is 2.46. The van der Waals surface area contributed by atoms with E-state index in [1.165, 1.54) is 17.7 Å². The molecule has 0 bridgehead atoms. The Morgan fingerprint density at radius 3 is 2.37 bits per heavy atom. The third-order valence-electron chi connectivity index (χ3n) is 6.07. The van der Waals surface area contributed by atoms with Crippen LogP contribution >= 0.6 is 0 Å². The van der Waals surface area contributed by atoms with Crippen molar-refractivity contribution >= 4 is 10.1 Å². The smallest absolute Gasteiger partial charge is 0.294 e. The second kappa shape index (κ2) is 8.13. The third kappa shape index (κ3) is 4.60. The molecule has 2 aromatic rings. The van der Waals surface area contributed by atoms with Crippen molar-refractivity contribution in [2.24, 2.45) is 5.92 Å². The number of hydrogen-bond donors (Lipinski definition) is 2. The quantitative estimate of drug-likeness (QED) is 0.710. The lowest BCUT2D eigenvalue weighted by Gasteiger charge is -2.44. The molecule has 0 amide bonds. The summed E-state index contributed by atoms with van der Waals surface area (Å²) in [5, 5.41) is 11.6.